The van der Waals surface area contributed by atoms with E-state index in [0.29, 0.717) is 19.3 Å². The highest BCUT2D eigenvalue weighted by Crippen LogP contribution is 2.12. The van der Waals surface area contributed by atoms with Gasteiger partial charge in [-0.15, -0.1) is 12.3 Å². The second kappa shape index (κ2) is 10.0. The molecule has 0 heterocycles. The predicted octanol–water partition coefficient (Wildman–Crippen LogP) is 2.48. The molecule has 0 bridgehead atoms. The minimum absolute atomic E-state index is 0.350. The van der Waals surface area contributed by atoms with Crippen molar-refractivity contribution < 1.29 is 10.2 Å². The Morgan fingerprint density at radius 3 is 2.20 bits per heavy atom. The van der Waals surface area contributed by atoms with E-state index in [9.17, 15) is 10.2 Å². The van der Waals surface area contributed by atoms with Gasteiger partial charge in [-0.3, -0.25) is 0 Å². The van der Waals surface area contributed by atoms with Crippen molar-refractivity contribution in [2.24, 2.45) is 0 Å². The molecular weight excluding hydrogens is 188 g/mol. The van der Waals surface area contributed by atoms with Gasteiger partial charge in [0.15, 0.2) is 0 Å². The number of aliphatic hydroxyl groups is 2. The maximum Gasteiger partial charge on any atom is 0.0565 e. The van der Waals surface area contributed by atoms with E-state index >= 15 is 0 Å². The van der Waals surface area contributed by atoms with Gasteiger partial charge in [0.05, 0.1) is 12.2 Å². The van der Waals surface area contributed by atoms with Crippen molar-refractivity contribution in [2.45, 2.75) is 70.5 Å². The lowest BCUT2D eigenvalue weighted by molar-refractivity contribution is 0.0688. The van der Waals surface area contributed by atoms with Gasteiger partial charge in [-0.1, -0.05) is 26.2 Å². The Labute approximate surface area is 93.7 Å². The van der Waals surface area contributed by atoms with Gasteiger partial charge in [0, 0.05) is 6.42 Å². The number of rotatable bonds is 9. The third-order valence-corrected chi connectivity index (χ3v) is 2.54. The summed E-state index contributed by atoms with van der Waals surface area (Å²) < 4.78 is 0. The van der Waals surface area contributed by atoms with Crippen molar-refractivity contribution in [3.05, 3.63) is 0 Å². The number of unbranched alkanes of at least 4 members (excludes halogenated alkanes) is 3. The molecular formula is C13H24O2. The fourth-order valence-electron chi connectivity index (χ4n) is 1.62. The van der Waals surface area contributed by atoms with E-state index in [-0.39, 0.29) is 6.10 Å². The minimum atomic E-state index is -0.394. The van der Waals surface area contributed by atoms with E-state index in [1.54, 1.807) is 0 Å². The first kappa shape index (κ1) is 14.5. The first-order chi connectivity index (χ1) is 7.20. The highest BCUT2D eigenvalue weighted by atomic mass is 16.3. The first-order valence-electron chi connectivity index (χ1n) is 6.00. The summed E-state index contributed by atoms with van der Waals surface area (Å²) in [5.74, 6) is 2.54. The summed E-state index contributed by atoms with van der Waals surface area (Å²) in [7, 11) is 0. The van der Waals surface area contributed by atoms with Crippen LogP contribution in [0.1, 0.15) is 58.3 Å². The Morgan fingerprint density at radius 1 is 1.07 bits per heavy atom. The quantitative estimate of drug-likeness (QED) is 0.455. The molecule has 0 spiro atoms. The molecule has 0 radical (unpaired) electrons. The molecule has 0 aliphatic rings. The van der Waals surface area contributed by atoms with Crippen LogP contribution in [0.15, 0.2) is 0 Å². The lowest BCUT2D eigenvalue weighted by Crippen LogP contribution is -2.17. The molecule has 0 saturated heterocycles. The average molecular weight is 212 g/mol. The molecule has 0 aromatic carbocycles. The summed E-state index contributed by atoms with van der Waals surface area (Å²) in [4.78, 5) is 0. The van der Waals surface area contributed by atoms with Crippen LogP contribution in [-0.4, -0.2) is 22.4 Å². The van der Waals surface area contributed by atoms with Gasteiger partial charge < -0.3 is 10.2 Å². The minimum Gasteiger partial charge on any atom is -0.393 e. The lowest BCUT2D eigenvalue weighted by Gasteiger charge is -2.14. The van der Waals surface area contributed by atoms with Crippen molar-refractivity contribution >= 4 is 0 Å². The van der Waals surface area contributed by atoms with Crippen molar-refractivity contribution in [2.75, 3.05) is 0 Å². The van der Waals surface area contributed by atoms with Crippen LogP contribution in [-0.2, 0) is 0 Å². The second-order valence-electron chi connectivity index (χ2n) is 4.14. The number of hydrogen-bond donors (Lipinski definition) is 2. The van der Waals surface area contributed by atoms with E-state index in [1.165, 1.54) is 0 Å². The summed E-state index contributed by atoms with van der Waals surface area (Å²) in [6.45, 7) is 2.14. The normalized spacial score (nSPS) is 14.5. The zero-order valence-electron chi connectivity index (χ0n) is 9.78. The van der Waals surface area contributed by atoms with Crippen molar-refractivity contribution in [3.63, 3.8) is 0 Å². The molecule has 2 nitrogen and oxygen atoms in total. The first-order valence-corrected chi connectivity index (χ1v) is 6.00. The lowest BCUT2D eigenvalue weighted by atomic mass is 10.0. The molecule has 2 N–H and O–H groups in total. The Kier molecular flexibility index (Phi) is 9.67. The zero-order valence-corrected chi connectivity index (χ0v) is 9.78. The van der Waals surface area contributed by atoms with E-state index in [1.807, 2.05) is 0 Å². The summed E-state index contributed by atoms with van der Waals surface area (Å²) in [6, 6.07) is 0. The number of aliphatic hydroxyl groups excluding tert-OH is 2. The van der Waals surface area contributed by atoms with Crippen LogP contribution in [0.2, 0.25) is 0 Å². The average Bonchev–Trinajstić information content (AvgIpc) is 2.18. The van der Waals surface area contributed by atoms with Crippen LogP contribution in [0, 0.1) is 12.3 Å². The maximum absolute atomic E-state index is 9.60. The van der Waals surface area contributed by atoms with Gasteiger partial charge in [-0.05, 0) is 25.7 Å². The maximum atomic E-state index is 9.60. The SMILES string of the molecule is C#CCCC[C@@H](O)C[C@H](O)CCCCC. The van der Waals surface area contributed by atoms with E-state index < -0.39 is 6.10 Å². The van der Waals surface area contributed by atoms with E-state index in [4.69, 9.17) is 6.42 Å². The molecule has 0 rings (SSSR count). The third-order valence-electron chi connectivity index (χ3n) is 2.54. The highest BCUT2D eigenvalue weighted by molar-refractivity contribution is 4.83. The Bertz CT molecular complexity index is 172. The topological polar surface area (TPSA) is 40.5 Å². The van der Waals surface area contributed by atoms with Gasteiger partial charge in [0.1, 0.15) is 0 Å². The van der Waals surface area contributed by atoms with Crippen LogP contribution in [0.3, 0.4) is 0 Å². The largest absolute Gasteiger partial charge is 0.393 e. The highest BCUT2D eigenvalue weighted by Gasteiger charge is 2.10. The molecule has 2 heteroatoms. The van der Waals surface area contributed by atoms with Crippen LogP contribution in [0.5, 0.6) is 0 Å². The van der Waals surface area contributed by atoms with Gasteiger partial charge in [0.25, 0.3) is 0 Å². The smallest absolute Gasteiger partial charge is 0.0565 e. The number of hydrogen-bond acceptors (Lipinski definition) is 2. The monoisotopic (exact) mass is 212 g/mol. The van der Waals surface area contributed by atoms with E-state index in [0.717, 1.165) is 32.1 Å². The summed E-state index contributed by atoms with van der Waals surface area (Å²) >= 11 is 0. The molecule has 0 unspecified atom stereocenters. The van der Waals surface area contributed by atoms with Crippen molar-refractivity contribution in [3.8, 4) is 12.3 Å². The molecule has 2 atom stereocenters. The summed E-state index contributed by atoms with van der Waals surface area (Å²) in [6.07, 6.45) is 11.3. The molecule has 0 aliphatic heterocycles. The molecule has 0 aliphatic carbocycles. The van der Waals surface area contributed by atoms with Gasteiger partial charge in [-0.25, -0.2) is 0 Å². The third kappa shape index (κ3) is 9.78. The van der Waals surface area contributed by atoms with Gasteiger partial charge >= 0.3 is 0 Å². The van der Waals surface area contributed by atoms with Crippen LogP contribution >= 0.6 is 0 Å². The Balaban J connectivity index is 3.40. The summed E-state index contributed by atoms with van der Waals surface area (Å²) in [5, 5.41) is 19.2. The molecule has 0 amide bonds. The molecule has 15 heavy (non-hydrogen) atoms. The van der Waals surface area contributed by atoms with Gasteiger partial charge in [-0.2, -0.15) is 0 Å². The van der Waals surface area contributed by atoms with Crippen LogP contribution < -0.4 is 0 Å². The summed E-state index contributed by atoms with van der Waals surface area (Å²) in [5.41, 5.74) is 0. The molecule has 0 fully saturated rings. The fraction of sp³-hybridized carbons (Fsp3) is 0.846. The van der Waals surface area contributed by atoms with Crippen LogP contribution in [0.4, 0.5) is 0 Å². The van der Waals surface area contributed by atoms with Crippen LogP contribution in [0.25, 0.3) is 0 Å². The second-order valence-corrected chi connectivity index (χ2v) is 4.14. The standard InChI is InChI=1S/C13H24O2/c1-3-5-7-9-12(14)11-13(15)10-8-6-4-2/h1,12-15H,4-11H2,2H3/t12-,13-/m1/s1. The molecule has 0 aromatic rings. The molecule has 88 valence electrons. The Morgan fingerprint density at radius 2 is 1.67 bits per heavy atom. The van der Waals surface area contributed by atoms with E-state index in [2.05, 4.69) is 12.8 Å². The predicted molar refractivity (Wildman–Crippen MR) is 63.5 cm³/mol. The Hall–Kier alpha value is -0.520. The molecule has 0 saturated carbocycles. The zero-order chi connectivity index (χ0) is 11.5. The fourth-order valence-corrected chi connectivity index (χ4v) is 1.62. The molecule has 0 aromatic heterocycles. The number of terminal acetylenes is 1. The van der Waals surface area contributed by atoms with Gasteiger partial charge in [0.2, 0.25) is 0 Å². The van der Waals surface area contributed by atoms with Crippen molar-refractivity contribution in [1.82, 2.24) is 0 Å². The van der Waals surface area contributed by atoms with Crippen molar-refractivity contribution in [1.29, 1.82) is 0 Å².